The molecule has 7 heteroatoms. The molecule has 4 N–H and O–H groups in total. The number of primary amides is 1. The molecule has 21 heavy (non-hydrogen) atoms. The predicted molar refractivity (Wildman–Crippen MR) is 84.9 cm³/mol. The van der Waals surface area contributed by atoms with E-state index in [0.29, 0.717) is 16.3 Å². The molecule has 0 aliphatic rings. The second kappa shape index (κ2) is 5.23. The van der Waals surface area contributed by atoms with Gasteiger partial charge in [-0.05, 0) is 24.3 Å². The molecule has 2 amide bonds. The number of anilines is 1. The first-order valence-electron chi connectivity index (χ1n) is 5.99. The zero-order chi connectivity index (χ0) is 15.0. The lowest BCUT2D eigenvalue weighted by molar-refractivity contribution is 0.259. The second-order valence-corrected chi connectivity index (χ2v) is 5.77. The largest absolute Gasteiger partial charge is 0.506 e. The van der Waals surface area contributed by atoms with Gasteiger partial charge in [0.15, 0.2) is 0 Å². The van der Waals surface area contributed by atoms with Crippen LogP contribution >= 0.6 is 22.9 Å². The van der Waals surface area contributed by atoms with Crippen LogP contribution in [0.5, 0.6) is 5.75 Å². The molecule has 0 atom stereocenters. The maximum atomic E-state index is 10.9. The third-order valence-corrected chi connectivity index (χ3v) is 4.21. The van der Waals surface area contributed by atoms with Gasteiger partial charge in [0.1, 0.15) is 10.8 Å². The number of carbonyl (C=O) groups excluding carboxylic acids is 1. The van der Waals surface area contributed by atoms with Gasteiger partial charge in [0, 0.05) is 5.69 Å². The number of rotatable bonds is 2. The molecule has 0 radical (unpaired) electrons. The van der Waals surface area contributed by atoms with Crippen molar-refractivity contribution in [2.24, 2.45) is 5.73 Å². The zero-order valence-electron chi connectivity index (χ0n) is 10.6. The van der Waals surface area contributed by atoms with Gasteiger partial charge in [-0.15, -0.1) is 11.3 Å². The number of thiazole rings is 1. The van der Waals surface area contributed by atoms with Gasteiger partial charge in [0.2, 0.25) is 0 Å². The third-order valence-electron chi connectivity index (χ3n) is 2.86. The molecule has 0 bridgehead atoms. The first kappa shape index (κ1) is 13.7. The smallest absolute Gasteiger partial charge is 0.316 e. The van der Waals surface area contributed by atoms with Gasteiger partial charge in [0.25, 0.3) is 0 Å². The summed E-state index contributed by atoms with van der Waals surface area (Å²) in [4.78, 5) is 15.4. The first-order chi connectivity index (χ1) is 10.0. The number of benzene rings is 2. The highest BCUT2D eigenvalue weighted by Gasteiger charge is 2.15. The normalized spacial score (nSPS) is 10.7. The number of hydrogen-bond acceptors (Lipinski definition) is 4. The lowest BCUT2D eigenvalue weighted by Crippen LogP contribution is -2.19. The van der Waals surface area contributed by atoms with Gasteiger partial charge < -0.3 is 16.2 Å². The molecule has 106 valence electrons. The molecule has 3 aromatic rings. The van der Waals surface area contributed by atoms with Crippen LogP contribution in [0.4, 0.5) is 10.5 Å². The van der Waals surface area contributed by atoms with Crippen LogP contribution in [0.1, 0.15) is 0 Å². The van der Waals surface area contributed by atoms with Crippen molar-refractivity contribution in [1.82, 2.24) is 4.98 Å². The topological polar surface area (TPSA) is 88.2 Å². The molecule has 0 saturated carbocycles. The maximum Gasteiger partial charge on any atom is 0.316 e. The number of urea groups is 1. The highest BCUT2D eigenvalue weighted by Crippen LogP contribution is 2.40. The Morgan fingerprint density at radius 3 is 2.81 bits per heavy atom. The van der Waals surface area contributed by atoms with E-state index in [0.717, 1.165) is 10.2 Å². The van der Waals surface area contributed by atoms with Crippen LogP contribution in [0.25, 0.3) is 20.8 Å². The molecule has 1 heterocycles. The van der Waals surface area contributed by atoms with Crippen LogP contribution < -0.4 is 11.1 Å². The minimum Gasteiger partial charge on any atom is -0.506 e. The summed E-state index contributed by atoms with van der Waals surface area (Å²) in [5, 5.41) is 13.3. The average molecular weight is 320 g/mol. The van der Waals surface area contributed by atoms with Crippen molar-refractivity contribution in [3.05, 3.63) is 41.4 Å². The number of halogens is 1. The number of aromatic nitrogens is 1. The van der Waals surface area contributed by atoms with Crippen molar-refractivity contribution in [2.75, 3.05) is 5.32 Å². The van der Waals surface area contributed by atoms with E-state index in [-0.39, 0.29) is 10.8 Å². The first-order valence-corrected chi connectivity index (χ1v) is 7.19. The Labute approximate surface area is 129 Å². The Morgan fingerprint density at radius 2 is 2.10 bits per heavy atom. The summed E-state index contributed by atoms with van der Waals surface area (Å²) in [6.07, 6.45) is 0. The van der Waals surface area contributed by atoms with Crippen molar-refractivity contribution >= 4 is 44.9 Å². The SMILES string of the molecule is NC(=O)Nc1cc(Cl)c(O)c(-c2nc3ccccc3s2)c1. The number of fused-ring (bicyclic) bond motifs is 1. The van der Waals surface area contributed by atoms with E-state index in [2.05, 4.69) is 10.3 Å². The van der Waals surface area contributed by atoms with E-state index in [9.17, 15) is 9.90 Å². The number of nitrogens with one attached hydrogen (secondary N) is 1. The van der Waals surface area contributed by atoms with E-state index in [1.165, 1.54) is 17.4 Å². The highest BCUT2D eigenvalue weighted by molar-refractivity contribution is 7.21. The number of nitrogens with zero attached hydrogens (tertiary/aromatic N) is 1. The summed E-state index contributed by atoms with van der Waals surface area (Å²) < 4.78 is 0.997. The minimum absolute atomic E-state index is 0.0780. The quantitative estimate of drug-likeness (QED) is 0.627. The zero-order valence-corrected chi connectivity index (χ0v) is 12.2. The van der Waals surface area contributed by atoms with Crippen LogP contribution in [0.15, 0.2) is 36.4 Å². The number of carbonyl (C=O) groups is 1. The number of nitrogens with two attached hydrogens (primary N) is 1. The Bertz CT molecular complexity index is 814. The van der Waals surface area contributed by atoms with Gasteiger partial charge in [-0.3, -0.25) is 0 Å². The van der Waals surface area contributed by atoms with Crippen LogP contribution in [0.3, 0.4) is 0 Å². The summed E-state index contributed by atoms with van der Waals surface area (Å²) in [6, 6.07) is 9.96. The van der Waals surface area contributed by atoms with Gasteiger partial charge in [-0.25, -0.2) is 9.78 Å². The van der Waals surface area contributed by atoms with Crippen LogP contribution in [-0.4, -0.2) is 16.1 Å². The summed E-state index contributed by atoms with van der Waals surface area (Å²) >= 11 is 7.41. The fourth-order valence-electron chi connectivity index (χ4n) is 1.96. The van der Waals surface area contributed by atoms with Gasteiger partial charge in [-0.2, -0.15) is 0 Å². The van der Waals surface area contributed by atoms with Crippen molar-refractivity contribution in [1.29, 1.82) is 0 Å². The molecule has 1 aromatic heterocycles. The highest BCUT2D eigenvalue weighted by atomic mass is 35.5. The van der Waals surface area contributed by atoms with E-state index >= 15 is 0 Å². The van der Waals surface area contributed by atoms with Gasteiger partial charge in [0.05, 0.1) is 20.8 Å². The Kier molecular flexibility index (Phi) is 3.40. The number of amides is 2. The lowest BCUT2D eigenvalue weighted by atomic mass is 10.2. The summed E-state index contributed by atoms with van der Waals surface area (Å²) in [5.74, 6) is -0.0780. The second-order valence-electron chi connectivity index (χ2n) is 4.33. The number of aromatic hydroxyl groups is 1. The summed E-state index contributed by atoms with van der Waals surface area (Å²) in [5.41, 5.74) is 6.78. The third kappa shape index (κ3) is 2.63. The van der Waals surface area contributed by atoms with E-state index in [1.807, 2.05) is 24.3 Å². The van der Waals surface area contributed by atoms with Gasteiger partial charge in [-0.1, -0.05) is 23.7 Å². The Hall–Kier alpha value is -2.31. The summed E-state index contributed by atoms with van der Waals surface area (Å²) in [7, 11) is 0. The number of para-hydroxylation sites is 1. The minimum atomic E-state index is -0.702. The molecule has 2 aromatic carbocycles. The number of phenolic OH excluding ortho intramolecular Hbond substituents is 1. The van der Waals surface area contributed by atoms with E-state index in [1.54, 1.807) is 6.07 Å². The van der Waals surface area contributed by atoms with E-state index in [4.69, 9.17) is 17.3 Å². The molecule has 5 nitrogen and oxygen atoms in total. The molecule has 0 aliphatic carbocycles. The molecule has 0 fully saturated rings. The fraction of sp³-hybridized carbons (Fsp3) is 0. The van der Waals surface area contributed by atoms with Crippen molar-refractivity contribution < 1.29 is 9.90 Å². The van der Waals surface area contributed by atoms with Crippen LogP contribution in [-0.2, 0) is 0 Å². The van der Waals surface area contributed by atoms with Crippen molar-refractivity contribution in [3.8, 4) is 16.3 Å². The molecule has 0 saturated heterocycles. The Morgan fingerprint density at radius 1 is 1.33 bits per heavy atom. The molecule has 3 rings (SSSR count). The molecular formula is C14H10ClN3O2S. The number of hydrogen-bond donors (Lipinski definition) is 3. The molecule has 0 spiro atoms. The predicted octanol–water partition coefficient (Wildman–Crippen LogP) is 3.81. The Balaban J connectivity index is 2.15. The lowest BCUT2D eigenvalue weighted by Gasteiger charge is -2.08. The van der Waals surface area contributed by atoms with Crippen LogP contribution in [0, 0.1) is 0 Å². The maximum absolute atomic E-state index is 10.9. The monoisotopic (exact) mass is 319 g/mol. The summed E-state index contributed by atoms with van der Waals surface area (Å²) in [6.45, 7) is 0. The molecule has 0 unspecified atom stereocenters. The van der Waals surface area contributed by atoms with Crippen molar-refractivity contribution in [3.63, 3.8) is 0 Å². The van der Waals surface area contributed by atoms with E-state index < -0.39 is 6.03 Å². The number of phenols is 1. The fourth-order valence-corrected chi connectivity index (χ4v) is 3.17. The standard InChI is InChI=1S/C14H10ClN3O2S/c15-9-6-7(17-14(16)20)5-8(12(9)19)13-18-10-3-1-2-4-11(10)21-13/h1-6,19H,(H3,16,17,20). The molecular weight excluding hydrogens is 310 g/mol. The average Bonchev–Trinajstić information content (AvgIpc) is 2.85. The molecule has 0 aliphatic heterocycles. The van der Waals surface area contributed by atoms with Crippen LogP contribution in [0.2, 0.25) is 5.02 Å². The van der Waals surface area contributed by atoms with Gasteiger partial charge >= 0.3 is 6.03 Å². The van der Waals surface area contributed by atoms with Crippen molar-refractivity contribution in [2.45, 2.75) is 0 Å².